The van der Waals surface area contributed by atoms with Gasteiger partial charge < -0.3 is 15.0 Å². The highest BCUT2D eigenvalue weighted by Gasteiger charge is 2.39. The number of aryl methyl sites for hydroxylation is 1. The normalized spacial score (nSPS) is 17.1. The van der Waals surface area contributed by atoms with Gasteiger partial charge in [-0.25, -0.2) is 0 Å². The van der Waals surface area contributed by atoms with Crippen molar-refractivity contribution in [1.82, 2.24) is 5.32 Å². The third kappa shape index (κ3) is 6.03. The van der Waals surface area contributed by atoms with Crippen molar-refractivity contribution in [3.8, 4) is 5.75 Å². The summed E-state index contributed by atoms with van der Waals surface area (Å²) in [5, 5.41) is 3.11. The second-order valence-electron chi connectivity index (χ2n) is 11.3. The lowest BCUT2D eigenvalue weighted by Gasteiger charge is -2.46. The van der Waals surface area contributed by atoms with Crippen LogP contribution in [-0.4, -0.2) is 24.5 Å². The maximum absolute atomic E-state index is 14.1. The van der Waals surface area contributed by atoms with Crippen LogP contribution in [0.2, 0.25) is 0 Å². The van der Waals surface area contributed by atoms with Gasteiger partial charge in [-0.15, -0.1) is 0 Å². The number of fused-ring (bicyclic) bond motifs is 1. The highest BCUT2D eigenvalue weighted by atomic mass is 16.5. The Balaban J connectivity index is 1.31. The number of hydrogen-bond acceptors (Lipinski definition) is 4. The number of rotatable bonds is 8. The van der Waals surface area contributed by atoms with E-state index in [0.717, 1.165) is 40.9 Å². The SMILES string of the molecule is Cc1ccc(N2C(=O)c3ccccc3N(Cc3ccccc3)[C@@H]2c2ccc(OCC(=O)NC3CCCCC3)cc2)cc1. The van der Waals surface area contributed by atoms with Crippen LogP contribution in [0.1, 0.15) is 65.3 Å². The minimum absolute atomic E-state index is 0.0131. The molecule has 1 saturated carbocycles. The van der Waals surface area contributed by atoms with Gasteiger partial charge in [0.15, 0.2) is 6.61 Å². The van der Waals surface area contributed by atoms with Crippen LogP contribution in [-0.2, 0) is 11.3 Å². The smallest absolute Gasteiger partial charge is 0.262 e. The van der Waals surface area contributed by atoms with E-state index < -0.39 is 0 Å². The topological polar surface area (TPSA) is 61.9 Å². The first-order valence-corrected chi connectivity index (χ1v) is 14.9. The lowest BCUT2D eigenvalue weighted by atomic mass is 9.95. The van der Waals surface area contributed by atoms with Crippen molar-refractivity contribution < 1.29 is 14.3 Å². The minimum atomic E-state index is -0.390. The molecule has 2 aliphatic rings. The summed E-state index contributed by atoms with van der Waals surface area (Å²) in [4.78, 5) is 30.8. The molecule has 0 unspecified atom stereocenters. The third-order valence-corrected chi connectivity index (χ3v) is 8.23. The van der Waals surface area contributed by atoms with E-state index in [0.29, 0.717) is 17.9 Å². The monoisotopic (exact) mass is 559 g/mol. The zero-order valence-corrected chi connectivity index (χ0v) is 24.0. The molecule has 42 heavy (non-hydrogen) atoms. The average Bonchev–Trinajstić information content (AvgIpc) is 3.03. The van der Waals surface area contributed by atoms with Gasteiger partial charge in [-0.1, -0.05) is 91.6 Å². The molecular formula is C36H37N3O3. The Hall–Kier alpha value is -4.58. The van der Waals surface area contributed by atoms with Crippen LogP contribution in [0.5, 0.6) is 5.75 Å². The fourth-order valence-electron chi connectivity index (χ4n) is 6.06. The fourth-order valence-corrected chi connectivity index (χ4v) is 6.06. The minimum Gasteiger partial charge on any atom is -0.484 e. The molecule has 0 aromatic heterocycles. The second kappa shape index (κ2) is 12.5. The number of carbonyl (C=O) groups is 2. The summed E-state index contributed by atoms with van der Waals surface area (Å²) < 4.78 is 5.87. The number of amides is 2. The van der Waals surface area contributed by atoms with Crippen molar-refractivity contribution in [2.75, 3.05) is 16.4 Å². The van der Waals surface area contributed by atoms with Gasteiger partial charge >= 0.3 is 0 Å². The number of nitrogens with zero attached hydrogens (tertiary/aromatic N) is 2. The van der Waals surface area contributed by atoms with E-state index >= 15 is 0 Å². The number of hydrogen-bond donors (Lipinski definition) is 1. The van der Waals surface area contributed by atoms with Gasteiger partial charge in [-0.3, -0.25) is 14.5 Å². The quantitative estimate of drug-likeness (QED) is 0.248. The van der Waals surface area contributed by atoms with Crippen LogP contribution in [0.25, 0.3) is 0 Å². The Bertz CT molecular complexity index is 1510. The van der Waals surface area contributed by atoms with Crippen LogP contribution in [0.4, 0.5) is 11.4 Å². The molecule has 1 aliphatic carbocycles. The molecule has 1 aliphatic heterocycles. The lowest BCUT2D eigenvalue weighted by molar-refractivity contribution is -0.124. The molecular weight excluding hydrogens is 522 g/mol. The van der Waals surface area contributed by atoms with E-state index in [-0.39, 0.29) is 30.6 Å². The summed E-state index contributed by atoms with van der Waals surface area (Å²) >= 11 is 0. The summed E-state index contributed by atoms with van der Waals surface area (Å²) in [6, 6.07) is 34.3. The Morgan fingerprint density at radius 2 is 1.52 bits per heavy atom. The number of ether oxygens (including phenoxy) is 1. The Morgan fingerprint density at radius 3 is 2.26 bits per heavy atom. The van der Waals surface area contributed by atoms with E-state index in [2.05, 4.69) is 22.3 Å². The standard InChI is InChI=1S/C36H37N3O3/c1-26-16-20-30(21-17-26)39-35(28-18-22-31(23-19-28)42-25-34(40)37-29-12-6-3-7-13-29)38(24-27-10-4-2-5-11-27)33-15-9-8-14-32(33)36(39)41/h2,4-5,8-11,14-23,29,35H,3,6-7,12-13,24-25H2,1H3,(H,37,40)/t35-/m0/s1. The summed E-state index contributed by atoms with van der Waals surface area (Å²) in [5.74, 6) is 0.500. The average molecular weight is 560 g/mol. The summed E-state index contributed by atoms with van der Waals surface area (Å²) in [5.41, 5.74) is 5.65. The number of nitrogens with one attached hydrogen (secondary N) is 1. The van der Waals surface area contributed by atoms with Crippen LogP contribution < -0.4 is 19.9 Å². The van der Waals surface area contributed by atoms with Gasteiger partial charge in [0.1, 0.15) is 11.9 Å². The first-order chi connectivity index (χ1) is 20.6. The second-order valence-corrected chi connectivity index (χ2v) is 11.3. The fraction of sp³-hybridized carbons (Fsp3) is 0.278. The molecule has 4 aromatic rings. The summed E-state index contributed by atoms with van der Waals surface area (Å²) in [6.45, 7) is 2.66. The van der Waals surface area contributed by atoms with Crippen molar-refractivity contribution in [3.05, 3.63) is 125 Å². The first-order valence-electron chi connectivity index (χ1n) is 14.9. The summed E-state index contributed by atoms with van der Waals surface area (Å²) in [7, 11) is 0. The van der Waals surface area contributed by atoms with Crippen molar-refractivity contribution in [3.63, 3.8) is 0 Å². The molecule has 1 N–H and O–H groups in total. The first kappa shape index (κ1) is 27.6. The molecule has 0 bridgehead atoms. The van der Waals surface area contributed by atoms with Crippen molar-refractivity contribution >= 4 is 23.2 Å². The number of carbonyl (C=O) groups excluding carboxylic acids is 2. The zero-order valence-electron chi connectivity index (χ0n) is 24.0. The lowest BCUT2D eigenvalue weighted by Crippen LogP contribution is -2.49. The predicted octanol–water partition coefficient (Wildman–Crippen LogP) is 7.19. The van der Waals surface area contributed by atoms with Crippen LogP contribution in [0.15, 0.2) is 103 Å². The van der Waals surface area contributed by atoms with E-state index in [1.165, 1.54) is 19.3 Å². The van der Waals surface area contributed by atoms with Crippen LogP contribution in [0.3, 0.4) is 0 Å². The van der Waals surface area contributed by atoms with Crippen LogP contribution >= 0.6 is 0 Å². The third-order valence-electron chi connectivity index (χ3n) is 8.23. The van der Waals surface area contributed by atoms with E-state index in [4.69, 9.17) is 4.74 Å². The van der Waals surface area contributed by atoms with Gasteiger partial charge in [0.25, 0.3) is 11.8 Å². The maximum atomic E-state index is 14.1. The Labute approximate surface area is 247 Å². The highest BCUT2D eigenvalue weighted by Crippen LogP contribution is 2.42. The van der Waals surface area contributed by atoms with Gasteiger partial charge in [0.2, 0.25) is 0 Å². The largest absolute Gasteiger partial charge is 0.484 e. The van der Waals surface area contributed by atoms with E-state index in [1.54, 1.807) is 0 Å². The van der Waals surface area contributed by atoms with E-state index in [9.17, 15) is 9.59 Å². The molecule has 1 fully saturated rings. The predicted molar refractivity (Wildman–Crippen MR) is 167 cm³/mol. The molecule has 1 heterocycles. The molecule has 0 saturated heterocycles. The number of anilines is 2. The zero-order chi connectivity index (χ0) is 28.9. The van der Waals surface area contributed by atoms with Crippen molar-refractivity contribution in [1.29, 1.82) is 0 Å². The molecule has 6 rings (SSSR count). The molecule has 6 heteroatoms. The highest BCUT2D eigenvalue weighted by molar-refractivity contribution is 6.12. The summed E-state index contributed by atoms with van der Waals surface area (Å²) in [6.07, 6.45) is 5.28. The molecule has 4 aromatic carbocycles. The molecule has 0 spiro atoms. The van der Waals surface area contributed by atoms with Gasteiger partial charge in [-0.05, 0) is 67.3 Å². The van der Waals surface area contributed by atoms with E-state index in [1.807, 2.05) is 103 Å². The number of benzene rings is 4. The van der Waals surface area contributed by atoms with Crippen LogP contribution in [0, 0.1) is 6.92 Å². The molecule has 0 radical (unpaired) electrons. The van der Waals surface area contributed by atoms with Gasteiger partial charge in [0.05, 0.1) is 11.3 Å². The molecule has 1 atom stereocenters. The van der Waals surface area contributed by atoms with Crippen molar-refractivity contribution in [2.24, 2.45) is 0 Å². The molecule has 2 amide bonds. The van der Waals surface area contributed by atoms with Gasteiger partial charge in [0, 0.05) is 18.3 Å². The Morgan fingerprint density at radius 1 is 0.833 bits per heavy atom. The van der Waals surface area contributed by atoms with Crippen molar-refractivity contribution in [2.45, 2.75) is 57.8 Å². The Kier molecular flexibility index (Phi) is 8.22. The molecule has 6 nitrogen and oxygen atoms in total. The number of para-hydroxylation sites is 1. The molecule has 214 valence electrons. The maximum Gasteiger partial charge on any atom is 0.262 e. The van der Waals surface area contributed by atoms with Gasteiger partial charge in [-0.2, -0.15) is 0 Å².